The molecular weight excluding hydrogens is 414 g/mol. The number of hydrogen-bond acceptors (Lipinski definition) is 5. The lowest BCUT2D eigenvalue weighted by atomic mass is 9.98. The van der Waals surface area contributed by atoms with E-state index in [1.165, 1.54) is 5.32 Å². The quantitative estimate of drug-likeness (QED) is 0.502. The van der Waals surface area contributed by atoms with Crippen LogP contribution in [0.4, 0.5) is 13.6 Å². The molecule has 3 rings (SSSR count). The number of hydrogen-bond donors (Lipinski definition) is 4. The Hall–Kier alpha value is -3.53. The first-order chi connectivity index (χ1) is 14.7. The molecule has 2 aromatic carbocycles. The molecule has 31 heavy (non-hydrogen) atoms. The van der Waals surface area contributed by atoms with Crippen LogP contribution in [0.25, 0.3) is 11.1 Å². The van der Waals surface area contributed by atoms with Gasteiger partial charge in [0, 0.05) is 5.92 Å². The van der Waals surface area contributed by atoms with E-state index in [-0.39, 0.29) is 12.5 Å². The standard InChI is InChI=1S/C21H20F2N2O6/c22-21(23,19(29)25-17(9-26)18(27)28)11-24-20(30)31-10-16-14-7-3-1-5-12(14)13-6-2-4-8-15(13)16/h1-8,16-17,26H,9-11H2,(H,24,30)(H,25,29)(H,27,28). The number of rotatable bonds is 8. The molecule has 164 valence electrons. The monoisotopic (exact) mass is 434 g/mol. The Labute approximate surface area is 175 Å². The van der Waals surface area contributed by atoms with Gasteiger partial charge in [-0.3, -0.25) is 4.79 Å². The Morgan fingerprint density at radius 3 is 2.10 bits per heavy atom. The number of carboxylic acid groups (broad SMARTS) is 1. The number of halogens is 2. The van der Waals surface area contributed by atoms with Crippen LogP contribution in [0.5, 0.6) is 0 Å². The summed E-state index contributed by atoms with van der Waals surface area (Å²) in [5.41, 5.74) is 3.91. The molecule has 1 aliphatic rings. The van der Waals surface area contributed by atoms with Gasteiger partial charge in [0.1, 0.15) is 6.61 Å². The number of fused-ring (bicyclic) bond motifs is 3. The molecule has 8 nitrogen and oxygen atoms in total. The topological polar surface area (TPSA) is 125 Å². The van der Waals surface area contributed by atoms with E-state index in [0.717, 1.165) is 22.3 Å². The van der Waals surface area contributed by atoms with Crippen LogP contribution in [0.3, 0.4) is 0 Å². The van der Waals surface area contributed by atoms with E-state index in [9.17, 15) is 23.2 Å². The number of alkyl carbamates (subject to hydrolysis) is 1. The fourth-order valence-corrected chi connectivity index (χ4v) is 3.36. The molecule has 0 heterocycles. The highest BCUT2D eigenvalue weighted by molar-refractivity contribution is 5.88. The van der Waals surface area contributed by atoms with Gasteiger partial charge in [-0.25, -0.2) is 9.59 Å². The Morgan fingerprint density at radius 2 is 1.58 bits per heavy atom. The third kappa shape index (κ3) is 4.80. The van der Waals surface area contributed by atoms with Gasteiger partial charge in [-0.05, 0) is 22.3 Å². The van der Waals surface area contributed by atoms with Gasteiger partial charge in [0.2, 0.25) is 0 Å². The van der Waals surface area contributed by atoms with Crippen molar-refractivity contribution < 1.29 is 38.1 Å². The Balaban J connectivity index is 1.57. The van der Waals surface area contributed by atoms with Gasteiger partial charge in [0.05, 0.1) is 13.2 Å². The van der Waals surface area contributed by atoms with E-state index in [4.69, 9.17) is 14.9 Å². The number of aliphatic hydroxyl groups is 1. The van der Waals surface area contributed by atoms with Crippen LogP contribution in [0.2, 0.25) is 0 Å². The van der Waals surface area contributed by atoms with Crippen LogP contribution in [0, 0.1) is 0 Å². The first-order valence-electron chi connectivity index (χ1n) is 9.36. The number of nitrogens with one attached hydrogen (secondary N) is 2. The van der Waals surface area contributed by atoms with Crippen molar-refractivity contribution in [1.82, 2.24) is 10.6 Å². The number of aliphatic hydroxyl groups excluding tert-OH is 1. The van der Waals surface area contributed by atoms with E-state index < -0.39 is 43.1 Å². The maximum Gasteiger partial charge on any atom is 0.407 e. The second-order valence-electron chi connectivity index (χ2n) is 6.93. The number of carbonyl (C=O) groups excluding carboxylic acids is 2. The number of benzene rings is 2. The molecule has 0 saturated carbocycles. The van der Waals surface area contributed by atoms with E-state index in [2.05, 4.69) is 0 Å². The second kappa shape index (κ2) is 9.09. The molecule has 10 heteroatoms. The maximum atomic E-state index is 13.9. The predicted octanol–water partition coefficient (Wildman–Crippen LogP) is 1.72. The molecule has 1 atom stereocenters. The molecule has 2 amide bonds. The third-order valence-corrected chi connectivity index (χ3v) is 4.92. The molecule has 0 spiro atoms. The first kappa shape index (κ1) is 22.2. The van der Waals surface area contributed by atoms with Crippen molar-refractivity contribution in [2.75, 3.05) is 19.8 Å². The molecule has 0 radical (unpaired) electrons. The number of amides is 2. The van der Waals surface area contributed by atoms with Gasteiger partial charge < -0.3 is 25.6 Å². The fraction of sp³-hybridized carbons (Fsp3) is 0.286. The highest BCUT2D eigenvalue weighted by atomic mass is 19.3. The van der Waals surface area contributed by atoms with Crippen molar-refractivity contribution in [1.29, 1.82) is 0 Å². The second-order valence-corrected chi connectivity index (χ2v) is 6.93. The van der Waals surface area contributed by atoms with E-state index >= 15 is 0 Å². The lowest BCUT2D eigenvalue weighted by molar-refractivity contribution is -0.151. The zero-order valence-corrected chi connectivity index (χ0v) is 16.2. The van der Waals surface area contributed by atoms with Crippen molar-refractivity contribution >= 4 is 18.0 Å². The molecule has 1 unspecified atom stereocenters. The van der Waals surface area contributed by atoms with Crippen molar-refractivity contribution in [2.45, 2.75) is 17.9 Å². The normalized spacial score (nSPS) is 13.6. The molecule has 0 fully saturated rings. The van der Waals surface area contributed by atoms with Crippen LogP contribution in [0.15, 0.2) is 48.5 Å². The van der Waals surface area contributed by atoms with E-state index in [0.29, 0.717) is 0 Å². The van der Waals surface area contributed by atoms with Gasteiger partial charge in [0.25, 0.3) is 5.91 Å². The third-order valence-electron chi connectivity index (χ3n) is 4.92. The van der Waals surface area contributed by atoms with Crippen LogP contribution < -0.4 is 10.6 Å². The largest absolute Gasteiger partial charge is 0.480 e. The molecular formula is C21H20F2N2O6. The number of aliphatic carboxylic acids is 1. The fourth-order valence-electron chi connectivity index (χ4n) is 3.36. The van der Waals surface area contributed by atoms with Crippen molar-refractivity contribution in [3.05, 3.63) is 59.7 Å². The molecule has 4 N–H and O–H groups in total. The Kier molecular flexibility index (Phi) is 6.50. The molecule has 0 aromatic heterocycles. The van der Waals surface area contributed by atoms with Gasteiger partial charge in [-0.1, -0.05) is 48.5 Å². The summed E-state index contributed by atoms with van der Waals surface area (Å²) in [6, 6.07) is 13.3. The highest BCUT2D eigenvalue weighted by Gasteiger charge is 2.41. The minimum Gasteiger partial charge on any atom is -0.480 e. The number of ether oxygens (including phenoxy) is 1. The van der Waals surface area contributed by atoms with Crippen molar-refractivity contribution in [3.63, 3.8) is 0 Å². The zero-order chi connectivity index (χ0) is 22.6. The summed E-state index contributed by atoms with van der Waals surface area (Å²) in [4.78, 5) is 34.2. The van der Waals surface area contributed by atoms with Crippen LogP contribution >= 0.6 is 0 Å². The predicted molar refractivity (Wildman–Crippen MR) is 105 cm³/mol. The average Bonchev–Trinajstić information content (AvgIpc) is 3.08. The Bertz CT molecular complexity index is 952. The molecule has 0 bridgehead atoms. The summed E-state index contributed by atoms with van der Waals surface area (Å²) < 4.78 is 32.9. The lowest BCUT2D eigenvalue weighted by Crippen LogP contribution is -2.53. The summed E-state index contributed by atoms with van der Waals surface area (Å²) in [5.74, 6) is -7.97. The van der Waals surface area contributed by atoms with Gasteiger partial charge in [-0.2, -0.15) is 8.78 Å². The molecule has 2 aromatic rings. The lowest BCUT2D eigenvalue weighted by Gasteiger charge is -2.19. The first-order valence-corrected chi connectivity index (χ1v) is 9.36. The number of carbonyl (C=O) groups is 3. The minimum absolute atomic E-state index is 0.0940. The summed E-state index contributed by atoms with van der Waals surface area (Å²) in [6.45, 7) is -2.55. The van der Waals surface area contributed by atoms with E-state index in [1.807, 2.05) is 53.8 Å². The van der Waals surface area contributed by atoms with Gasteiger partial charge in [-0.15, -0.1) is 0 Å². The molecule has 0 aliphatic heterocycles. The summed E-state index contributed by atoms with van der Waals surface area (Å²) in [6.07, 6.45) is -1.15. The SMILES string of the molecule is O=C(NCC(F)(F)C(=O)NC(CO)C(=O)O)OCC1c2ccccc2-c2ccccc21. The van der Waals surface area contributed by atoms with Crippen LogP contribution in [-0.4, -0.2) is 59.9 Å². The summed E-state index contributed by atoms with van der Waals surface area (Å²) in [5, 5.41) is 20.8. The number of alkyl halides is 2. The van der Waals surface area contributed by atoms with Crippen LogP contribution in [0.1, 0.15) is 17.0 Å². The summed E-state index contributed by atoms with van der Waals surface area (Å²) >= 11 is 0. The van der Waals surface area contributed by atoms with Crippen LogP contribution in [-0.2, 0) is 14.3 Å². The van der Waals surface area contributed by atoms with Crippen molar-refractivity contribution in [2.24, 2.45) is 0 Å². The zero-order valence-electron chi connectivity index (χ0n) is 16.2. The molecule has 1 aliphatic carbocycles. The van der Waals surface area contributed by atoms with Crippen molar-refractivity contribution in [3.8, 4) is 11.1 Å². The smallest absolute Gasteiger partial charge is 0.407 e. The Morgan fingerprint density at radius 1 is 1.03 bits per heavy atom. The molecule has 0 saturated heterocycles. The maximum absolute atomic E-state index is 13.9. The van der Waals surface area contributed by atoms with Gasteiger partial charge >= 0.3 is 18.0 Å². The number of carboxylic acids is 1. The highest BCUT2D eigenvalue weighted by Crippen LogP contribution is 2.44. The average molecular weight is 434 g/mol. The van der Waals surface area contributed by atoms with E-state index in [1.54, 1.807) is 0 Å². The summed E-state index contributed by atoms with van der Waals surface area (Å²) in [7, 11) is 0. The minimum atomic E-state index is -4.10. The van der Waals surface area contributed by atoms with Gasteiger partial charge in [0.15, 0.2) is 6.04 Å².